The molecule has 0 aliphatic carbocycles. The normalized spacial score (nSPS) is 16.4. The Morgan fingerprint density at radius 1 is 1.16 bits per heavy atom. The first-order valence-corrected chi connectivity index (χ1v) is 13.5. The molecule has 37 heavy (non-hydrogen) atoms. The van der Waals surface area contributed by atoms with Crippen molar-refractivity contribution in [3.05, 3.63) is 58.1 Å². The van der Waals surface area contributed by atoms with E-state index in [0.717, 1.165) is 28.4 Å². The number of carboxylic acids is 1. The summed E-state index contributed by atoms with van der Waals surface area (Å²) in [6.45, 7) is 2.72. The Bertz CT molecular complexity index is 1170. The lowest BCUT2D eigenvalue weighted by atomic mass is 10.0. The topological polar surface area (TPSA) is 95.9 Å². The van der Waals surface area contributed by atoms with Gasteiger partial charge in [-0.1, -0.05) is 60.1 Å². The molecule has 7 nitrogen and oxygen atoms in total. The van der Waals surface area contributed by atoms with Crippen molar-refractivity contribution in [2.75, 3.05) is 20.2 Å². The van der Waals surface area contributed by atoms with Crippen molar-refractivity contribution in [3.8, 4) is 5.75 Å². The average molecular weight is 566 g/mol. The summed E-state index contributed by atoms with van der Waals surface area (Å²) in [6.07, 6.45) is 4.71. The van der Waals surface area contributed by atoms with E-state index in [4.69, 9.17) is 33.0 Å². The van der Waals surface area contributed by atoms with Crippen molar-refractivity contribution in [2.45, 2.75) is 48.4 Å². The summed E-state index contributed by atoms with van der Waals surface area (Å²) >= 11 is 14.5. The molecule has 0 spiro atoms. The van der Waals surface area contributed by atoms with Crippen LogP contribution in [0.4, 0.5) is 0 Å². The number of carbonyl (C=O) groups is 3. The zero-order chi connectivity index (χ0) is 26.9. The minimum absolute atomic E-state index is 0.0554. The molecule has 1 heterocycles. The largest absolute Gasteiger partial charge is 0.496 e. The van der Waals surface area contributed by atoms with Gasteiger partial charge in [0, 0.05) is 42.9 Å². The Morgan fingerprint density at radius 3 is 2.65 bits per heavy atom. The minimum atomic E-state index is -0.923. The van der Waals surface area contributed by atoms with Crippen LogP contribution < -0.4 is 10.1 Å². The van der Waals surface area contributed by atoms with E-state index in [1.807, 2.05) is 36.4 Å². The lowest BCUT2D eigenvalue weighted by molar-refractivity contribution is -0.138. The van der Waals surface area contributed by atoms with E-state index in [9.17, 15) is 14.4 Å². The number of ether oxygens (including phenoxy) is 1. The van der Waals surface area contributed by atoms with Crippen LogP contribution in [0, 0.1) is 5.92 Å². The number of halogens is 2. The maximum Gasteiger partial charge on any atom is 0.303 e. The lowest BCUT2D eigenvalue weighted by Gasteiger charge is -2.32. The fourth-order valence-corrected chi connectivity index (χ4v) is 5.65. The number of benzene rings is 2. The van der Waals surface area contributed by atoms with Crippen molar-refractivity contribution in [1.29, 1.82) is 0 Å². The summed E-state index contributed by atoms with van der Waals surface area (Å²) < 4.78 is 5.40. The highest BCUT2D eigenvalue weighted by Crippen LogP contribution is 2.42. The predicted octanol–water partition coefficient (Wildman–Crippen LogP) is 5.77. The maximum atomic E-state index is 12.8. The number of amides is 2. The quantitative estimate of drug-likeness (QED) is 0.355. The molecule has 0 bridgehead atoms. The van der Waals surface area contributed by atoms with Gasteiger partial charge in [-0.2, -0.15) is 0 Å². The van der Waals surface area contributed by atoms with E-state index >= 15 is 0 Å². The number of nitrogens with zero attached hydrogens (tertiary/aromatic N) is 1. The van der Waals surface area contributed by atoms with Crippen LogP contribution in [0.5, 0.6) is 5.75 Å². The summed E-state index contributed by atoms with van der Waals surface area (Å²) in [7, 11) is 1.61. The number of methoxy groups -OCH3 is 1. The molecule has 198 valence electrons. The summed E-state index contributed by atoms with van der Waals surface area (Å²) in [4.78, 5) is 39.3. The molecule has 1 aliphatic rings. The second-order valence-electron chi connectivity index (χ2n) is 8.97. The van der Waals surface area contributed by atoms with Gasteiger partial charge in [0.1, 0.15) is 5.75 Å². The van der Waals surface area contributed by atoms with Gasteiger partial charge < -0.3 is 20.1 Å². The van der Waals surface area contributed by atoms with Crippen LogP contribution in [-0.2, 0) is 14.4 Å². The van der Waals surface area contributed by atoms with Gasteiger partial charge >= 0.3 is 5.97 Å². The van der Waals surface area contributed by atoms with Crippen molar-refractivity contribution in [1.82, 2.24) is 10.2 Å². The van der Waals surface area contributed by atoms with E-state index in [-0.39, 0.29) is 36.6 Å². The number of hydrogen-bond donors (Lipinski definition) is 2. The smallest absolute Gasteiger partial charge is 0.303 e. The average Bonchev–Trinajstić information content (AvgIpc) is 2.86. The molecule has 0 aromatic heterocycles. The second kappa shape index (κ2) is 13.7. The number of rotatable bonds is 10. The van der Waals surface area contributed by atoms with E-state index < -0.39 is 5.97 Å². The fraction of sp³-hybridized carbons (Fsp3) is 0.370. The number of aliphatic carboxylic acids is 1. The third-order valence-electron chi connectivity index (χ3n) is 5.93. The van der Waals surface area contributed by atoms with Crippen molar-refractivity contribution >= 4 is 58.8 Å². The molecule has 2 unspecified atom stereocenters. The molecular formula is C27H30Cl2N2O5S. The summed E-state index contributed by atoms with van der Waals surface area (Å²) in [5, 5.41) is 12.5. The highest BCUT2D eigenvalue weighted by atomic mass is 35.5. The summed E-state index contributed by atoms with van der Waals surface area (Å²) in [5.41, 5.74) is 0.624. The number of nitrogens with one attached hydrogen (secondary N) is 1. The first-order valence-electron chi connectivity index (χ1n) is 11.9. The molecule has 2 amide bonds. The number of carbonyl (C=O) groups excluding carboxylic acids is 2. The zero-order valence-electron chi connectivity index (χ0n) is 20.7. The SMILES string of the molecule is COc1ccccc1Sc1ccc(/C=C/C(=O)N2CCCC(NC(=O)CC(C)CC(=O)O)C2)c(Cl)c1Cl. The zero-order valence-corrected chi connectivity index (χ0v) is 23.0. The molecule has 2 aromatic rings. The van der Waals surface area contributed by atoms with Crippen LogP contribution in [-0.4, -0.2) is 54.0 Å². The Morgan fingerprint density at radius 2 is 1.92 bits per heavy atom. The van der Waals surface area contributed by atoms with Crippen molar-refractivity contribution < 1.29 is 24.2 Å². The molecule has 0 radical (unpaired) electrons. The first kappa shape index (κ1) is 28.9. The number of hydrogen-bond acceptors (Lipinski definition) is 5. The molecule has 0 saturated carbocycles. The number of para-hydroxylation sites is 1. The fourth-order valence-electron chi connectivity index (χ4n) is 4.11. The lowest BCUT2D eigenvalue weighted by Crippen LogP contribution is -2.49. The standard InChI is InChI=1S/C27H30Cl2N2O5S/c1-17(15-25(34)35)14-23(32)30-19-6-5-13-31(16-19)24(33)12-10-18-9-11-22(27(29)26(18)28)37-21-8-4-3-7-20(21)36-2/h3-4,7-12,17,19H,5-6,13-16H2,1-2H3,(H,30,32)(H,34,35)/b12-10+. The second-order valence-corrected chi connectivity index (χ2v) is 10.8. The molecular weight excluding hydrogens is 535 g/mol. The minimum Gasteiger partial charge on any atom is -0.496 e. The van der Waals surface area contributed by atoms with Crippen LogP contribution in [0.15, 0.2) is 52.3 Å². The van der Waals surface area contributed by atoms with Crippen LogP contribution in [0.3, 0.4) is 0 Å². The van der Waals surface area contributed by atoms with E-state index in [1.54, 1.807) is 25.0 Å². The van der Waals surface area contributed by atoms with Gasteiger partial charge in [-0.25, -0.2) is 0 Å². The Hall–Kier alpha value is -2.68. The highest BCUT2D eigenvalue weighted by molar-refractivity contribution is 7.99. The van der Waals surface area contributed by atoms with Gasteiger partial charge in [0.2, 0.25) is 11.8 Å². The molecule has 1 saturated heterocycles. The molecule has 1 fully saturated rings. The third-order valence-corrected chi connectivity index (χ3v) is 8.05. The first-order chi connectivity index (χ1) is 17.7. The molecule has 2 aromatic carbocycles. The molecule has 10 heteroatoms. The highest BCUT2D eigenvalue weighted by Gasteiger charge is 2.24. The maximum absolute atomic E-state index is 12.8. The Balaban J connectivity index is 1.60. The van der Waals surface area contributed by atoms with E-state index in [1.165, 1.54) is 17.8 Å². The Kier molecular flexibility index (Phi) is 10.7. The van der Waals surface area contributed by atoms with Gasteiger partial charge in [0.15, 0.2) is 0 Å². The van der Waals surface area contributed by atoms with Crippen molar-refractivity contribution in [3.63, 3.8) is 0 Å². The van der Waals surface area contributed by atoms with Crippen LogP contribution in [0.25, 0.3) is 6.08 Å². The predicted molar refractivity (Wildman–Crippen MR) is 146 cm³/mol. The summed E-state index contributed by atoms with van der Waals surface area (Å²) in [6, 6.07) is 11.1. The van der Waals surface area contributed by atoms with Crippen molar-refractivity contribution in [2.24, 2.45) is 5.92 Å². The van der Waals surface area contributed by atoms with Gasteiger partial charge in [0.05, 0.1) is 22.1 Å². The van der Waals surface area contributed by atoms with Crippen LogP contribution in [0.1, 0.15) is 38.2 Å². The van der Waals surface area contributed by atoms with E-state index in [0.29, 0.717) is 28.7 Å². The van der Waals surface area contributed by atoms with Crippen LogP contribution in [0.2, 0.25) is 10.0 Å². The Labute approximate surface area is 231 Å². The van der Waals surface area contributed by atoms with Gasteiger partial charge in [-0.05, 0) is 48.6 Å². The monoisotopic (exact) mass is 564 g/mol. The molecule has 2 N–H and O–H groups in total. The number of likely N-dealkylation sites (tertiary alicyclic amines) is 1. The van der Waals surface area contributed by atoms with Gasteiger partial charge in [-0.3, -0.25) is 14.4 Å². The molecule has 3 rings (SSSR count). The molecule has 2 atom stereocenters. The van der Waals surface area contributed by atoms with Gasteiger partial charge in [0.25, 0.3) is 0 Å². The van der Waals surface area contributed by atoms with Gasteiger partial charge in [-0.15, -0.1) is 0 Å². The summed E-state index contributed by atoms with van der Waals surface area (Å²) in [5.74, 6) is -0.820. The third kappa shape index (κ3) is 8.42. The van der Waals surface area contributed by atoms with E-state index in [2.05, 4.69) is 5.32 Å². The van der Waals surface area contributed by atoms with Crippen LogP contribution >= 0.6 is 35.0 Å². The number of carboxylic acid groups (broad SMARTS) is 1. The number of piperidine rings is 1. The molecule has 1 aliphatic heterocycles.